The molecular weight excluding hydrogens is 405 g/mol. The molecule has 2 rings (SSSR count). The lowest BCUT2D eigenvalue weighted by Gasteiger charge is -2.38. The van der Waals surface area contributed by atoms with Gasteiger partial charge < -0.3 is 19.7 Å². The van der Waals surface area contributed by atoms with E-state index in [0.29, 0.717) is 5.75 Å². The van der Waals surface area contributed by atoms with Crippen LogP contribution in [0.4, 0.5) is 13.2 Å². The van der Waals surface area contributed by atoms with Gasteiger partial charge in [0.05, 0.1) is 5.56 Å². The zero-order valence-corrected chi connectivity index (χ0v) is 16.8. The van der Waals surface area contributed by atoms with E-state index in [-0.39, 0.29) is 30.2 Å². The summed E-state index contributed by atoms with van der Waals surface area (Å²) in [5.74, 6) is -1.65. The van der Waals surface area contributed by atoms with Crippen molar-refractivity contribution in [3.8, 4) is 5.75 Å². The van der Waals surface area contributed by atoms with Crippen LogP contribution in [0.3, 0.4) is 0 Å². The van der Waals surface area contributed by atoms with E-state index < -0.39 is 31.2 Å². The first-order chi connectivity index (χ1) is 14.1. The largest absolute Gasteiger partial charge is 0.484 e. The number of alkyl halides is 3. The molecule has 0 aliphatic carbocycles. The minimum absolute atomic E-state index is 0.0931. The number of rotatable bonds is 7. The van der Waals surface area contributed by atoms with Gasteiger partial charge in [-0.15, -0.1) is 0 Å². The third kappa shape index (κ3) is 7.23. The van der Waals surface area contributed by atoms with E-state index in [1.807, 2.05) is 18.7 Å². The minimum Gasteiger partial charge on any atom is -0.484 e. The second-order valence-electron chi connectivity index (χ2n) is 7.21. The Hall–Kier alpha value is -2.78. The highest BCUT2D eigenvalue weighted by Gasteiger charge is 2.29. The first-order valence-corrected chi connectivity index (χ1v) is 9.61. The highest BCUT2D eigenvalue weighted by atomic mass is 19.4. The molecule has 1 saturated heterocycles. The van der Waals surface area contributed by atoms with Gasteiger partial charge in [-0.1, -0.05) is 0 Å². The molecule has 0 radical (unpaired) electrons. The van der Waals surface area contributed by atoms with Crippen LogP contribution in [0.5, 0.6) is 5.75 Å². The lowest BCUT2D eigenvalue weighted by atomic mass is 9.97. The highest BCUT2D eigenvalue weighted by molar-refractivity contribution is 5.91. The normalized spacial score (nSPS) is 19.2. The molecule has 1 aromatic carbocycles. The molecule has 0 saturated carbocycles. The van der Waals surface area contributed by atoms with Gasteiger partial charge in [0.2, 0.25) is 0 Å². The summed E-state index contributed by atoms with van der Waals surface area (Å²) in [6.07, 6.45) is -1.53. The van der Waals surface area contributed by atoms with Gasteiger partial charge in [-0.2, -0.15) is 13.2 Å². The number of nitrogens with one attached hydrogen (secondary N) is 1. The van der Waals surface area contributed by atoms with Gasteiger partial charge in [-0.25, -0.2) is 4.79 Å². The number of hydrogen-bond donors (Lipinski definition) is 1. The summed E-state index contributed by atoms with van der Waals surface area (Å²) in [5.41, 5.74) is 0.0931. The summed E-state index contributed by atoms with van der Waals surface area (Å²) < 4.78 is 46.2. The van der Waals surface area contributed by atoms with E-state index in [1.165, 1.54) is 24.3 Å². The van der Waals surface area contributed by atoms with Crippen LogP contribution in [-0.4, -0.2) is 60.7 Å². The first-order valence-electron chi connectivity index (χ1n) is 9.61. The minimum atomic E-state index is -4.54. The maximum Gasteiger partial charge on any atom is 0.405 e. The maximum atomic E-state index is 12.5. The average molecular weight is 430 g/mol. The molecule has 1 aliphatic rings. The number of piperidine rings is 1. The van der Waals surface area contributed by atoms with Gasteiger partial charge in [-0.3, -0.25) is 9.59 Å². The Morgan fingerprint density at radius 2 is 1.67 bits per heavy atom. The third-order valence-corrected chi connectivity index (χ3v) is 4.75. The molecule has 30 heavy (non-hydrogen) atoms. The molecule has 1 aliphatic heterocycles. The number of likely N-dealkylation sites (tertiary alicyclic amines) is 1. The second-order valence-corrected chi connectivity index (χ2v) is 7.21. The third-order valence-electron chi connectivity index (χ3n) is 4.75. The molecule has 0 spiro atoms. The van der Waals surface area contributed by atoms with Crippen LogP contribution in [0.15, 0.2) is 24.3 Å². The van der Waals surface area contributed by atoms with Gasteiger partial charge in [0, 0.05) is 12.1 Å². The zero-order valence-electron chi connectivity index (χ0n) is 16.8. The lowest BCUT2D eigenvalue weighted by molar-refractivity contribution is -0.140. The van der Waals surface area contributed by atoms with Crippen molar-refractivity contribution in [3.63, 3.8) is 0 Å². The summed E-state index contributed by atoms with van der Waals surface area (Å²) >= 11 is 0. The van der Waals surface area contributed by atoms with Gasteiger partial charge in [-0.05, 0) is 57.4 Å². The van der Waals surface area contributed by atoms with Crippen LogP contribution in [0.1, 0.15) is 43.5 Å². The molecule has 2 atom stereocenters. The lowest BCUT2D eigenvalue weighted by Crippen LogP contribution is -2.49. The van der Waals surface area contributed by atoms with Gasteiger partial charge >= 0.3 is 12.1 Å². The smallest absolute Gasteiger partial charge is 0.405 e. The predicted octanol–water partition coefficient (Wildman–Crippen LogP) is 2.69. The Morgan fingerprint density at radius 1 is 1.07 bits per heavy atom. The Kier molecular flexibility index (Phi) is 8.08. The summed E-state index contributed by atoms with van der Waals surface area (Å²) in [7, 11) is 0. The highest BCUT2D eigenvalue weighted by Crippen LogP contribution is 2.23. The fraction of sp³-hybridized carbons (Fsp3) is 0.550. The zero-order chi connectivity index (χ0) is 22.3. The second kappa shape index (κ2) is 10.3. The number of carbonyl (C=O) groups is 3. The van der Waals surface area contributed by atoms with Crippen molar-refractivity contribution in [2.45, 2.75) is 51.4 Å². The fourth-order valence-corrected chi connectivity index (χ4v) is 3.28. The molecule has 0 bridgehead atoms. The SMILES string of the molecule is CC1CCCC(C)N1C(=O)COc1ccc(C(=O)OCC(=O)NCC(F)(F)F)cc1. The van der Waals surface area contributed by atoms with E-state index in [4.69, 9.17) is 4.74 Å². The van der Waals surface area contributed by atoms with Crippen LogP contribution in [0.2, 0.25) is 0 Å². The molecular formula is C20H25F3N2O5. The number of carbonyl (C=O) groups excluding carboxylic acids is 3. The Labute approximate surface area is 172 Å². The molecule has 10 heteroatoms. The van der Waals surface area contributed by atoms with Gasteiger partial charge in [0.15, 0.2) is 13.2 Å². The van der Waals surface area contributed by atoms with E-state index in [1.54, 1.807) is 5.32 Å². The van der Waals surface area contributed by atoms with Gasteiger partial charge in [0.25, 0.3) is 11.8 Å². The molecule has 1 fully saturated rings. The molecule has 1 aromatic rings. The summed E-state index contributed by atoms with van der Waals surface area (Å²) in [6.45, 7) is 1.57. The van der Waals surface area contributed by atoms with Crippen LogP contribution < -0.4 is 10.1 Å². The van der Waals surface area contributed by atoms with Gasteiger partial charge in [0.1, 0.15) is 12.3 Å². The predicted molar refractivity (Wildman–Crippen MR) is 101 cm³/mol. The molecule has 7 nitrogen and oxygen atoms in total. The van der Waals surface area contributed by atoms with Crippen molar-refractivity contribution in [2.75, 3.05) is 19.8 Å². The summed E-state index contributed by atoms with van der Waals surface area (Å²) in [4.78, 5) is 37.4. The first kappa shape index (κ1) is 23.5. The van der Waals surface area contributed by atoms with Crippen molar-refractivity contribution in [3.05, 3.63) is 29.8 Å². The summed E-state index contributed by atoms with van der Waals surface area (Å²) in [5, 5.41) is 1.60. The molecule has 0 aromatic heterocycles. The number of amides is 2. The molecule has 1 heterocycles. The summed E-state index contributed by atoms with van der Waals surface area (Å²) in [6, 6.07) is 6.02. The molecule has 2 unspecified atom stereocenters. The number of halogens is 3. The quantitative estimate of drug-likeness (QED) is 0.673. The standard InChI is InChI=1S/C20H25F3N2O5/c1-13-4-3-5-14(2)25(13)18(27)11-29-16-8-6-15(7-9-16)19(28)30-10-17(26)24-12-20(21,22)23/h6-9,13-14H,3-5,10-12H2,1-2H3,(H,24,26). The number of benzene rings is 1. The van der Waals surface area contributed by atoms with Crippen molar-refractivity contribution in [1.29, 1.82) is 0 Å². The van der Waals surface area contributed by atoms with Crippen LogP contribution in [0.25, 0.3) is 0 Å². The van der Waals surface area contributed by atoms with Crippen LogP contribution in [-0.2, 0) is 14.3 Å². The molecule has 166 valence electrons. The van der Waals surface area contributed by atoms with E-state index in [9.17, 15) is 27.6 Å². The Morgan fingerprint density at radius 3 is 2.23 bits per heavy atom. The fourth-order valence-electron chi connectivity index (χ4n) is 3.28. The maximum absolute atomic E-state index is 12.5. The number of ether oxygens (including phenoxy) is 2. The van der Waals surface area contributed by atoms with Crippen LogP contribution in [0, 0.1) is 0 Å². The Balaban J connectivity index is 1.79. The molecule has 1 N–H and O–H groups in total. The Bertz CT molecular complexity index is 742. The average Bonchev–Trinajstić information content (AvgIpc) is 2.68. The van der Waals surface area contributed by atoms with Crippen molar-refractivity contribution < 1.29 is 37.0 Å². The topological polar surface area (TPSA) is 84.9 Å². The van der Waals surface area contributed by atoms with Crippen LogP contribution >= 0.6 is 0 Å². The van der Waals surface area contributed by atoms with E-state index in [0.717, 1.165) is 19.3 Å². The van der Waals surface area contributed by atoms with Crippen molar-refractivity contribution in [1.82, 2.24) is 10.2 Å². The number of esters is 1. The number of nitrogens with zero attached hydrogens (tertiary/aromatic N) is 1. The van der Waals surface area contributed by atoms with E-state index >= 15 is 0 Å². The molecule has 2 amide bonds. The van der Waals surface area contributed by atoms with Crippen molar-refractivity contribution >= 4 is 17.8 Å². The van der Waals surface area contributed by atoms with E-state index in [2.05, 4.69) is 4.74 Å². The monoisotopic (exact) mass is 430 g/mol. The number of hydrogen-bond acceptors (Lipinski definition) is 5. The van der Waals surface area contributed by atoms with Crippen molar-refractivity contribution in [2.24, 2.45) is 0 Å².